The van der Waals surface area contributed by atoms with E-state index in [4.69, 9.17) is 0 Å². The highest BCUT2D eigenvalue weighted by Crippen LogP contribution is 2.25. The van der Waals surface area contributed by atoms with Gasteiger partial charge in [-0.1, -0.05) is 37.3 Å². The molecule has 0 saturated carbocycles. The number of carbonyl (C=O) groups excluding carboxylic acids is 1. The Hall–Kier alpha value is -1.40. The first-order chi connectivity index (χ1) is 9.92. The molecule has 5 nitrogen and oxygen atoms in total. The summed E-state index contributed by atoms with van der Waals surface area (Å²) in [4.78, 5) is 14.3. The lowest BCUT2D eigenvalue weighted by molar-refractivity contribution is -0.130. The summed E-state index contributed by atoms with van der Waals surface area (Å²) in [6.45, 7) is 2.49. The van der Waals surface area contributed by atoms with Gasteiger partial charge in [-0.2, -0.15) is 0 Å². The van der Waals surface area contributed by atoms with Gasteiger partial charge in [-0.25, -0.2) is 8.42 Å². The van der Waals surface area contributed by atoms with E-state index >= 15 is 0 Å². The van der Waals surface area contributed by atoms with Crippen molar-refractivity contribution in [2.75, 3.05) is 18.6 Å². The van der Waals surface area contributed by atoms with Gasteiger partial charge in [-0.15, -0.1) is 0 Å². The van der Waals surface area contributed by atoms with Crippen molar-refractivity contribution in [2.45, 2.75) is 32.0 Å². The molecule has 0 aromatic heterocycles. The summed E-state index contributed by atoms with van der Waals surface area (Å²) in [7, 11) is -2.98. The summed E-state index contributed by atoms with van der Waals surface area (Å²) >= 11 is 0. The number of carbonyl (C=O) groups is 1. The van der Waals surface area contributed by atoms with Crippen LogP contribution < -0.4 is 5.32 Å². The Labute approximate surface area is 126 Å². The summed E-state index contributed by atoms with van der Waals surface area (Å²) < 4.78 is 22.4. The molecule has 1 aromatic carbocycles. The third-order valence-corrected chi connectivity index (χ3v) is 4.73. The monoisotopic (exact) mass is 310 g/mol. The van der Waals surface area contributed by atoms with Gasteiger partial charge in [0, 0.05) is 12.8 Å². The lowest BCUT2D eigenvalue weighted by atomic mass is 10.1. The van der Waals surface area contributed by atoms with Gasteiger partial charge in [0.1, 0.15) is 15.9 Å². The molecule has 1 aromatic rings. The normalized spacial score (nSPS) is 22.8. The minimum absolute atomic E-state index is 0.0257. The van der Waals surface area contributed by atoms with E-state index < -0.39 is 9.84 Å². The molecule has 1 heterocycles. The maximum absolute atomic E-state index is 12.5. The van der Waals surface area contributed by atoms with Crippen LogP contribution in [0, 0.1) is 0 Å². The van der Waals surface area contributed by atoms with E-state index in [1.807, 2.05) is 37.3 Å². The zero-order valence-corrected chi connectivity index (χ0v) is 13.3. The molecule has 1 amide bonds. The third kappa shape index (κ3) is 4.04. The Balaban J connectivity index is 2.05. The molecule has 0 radical (unpaired) electrons. The second kappa shape index (κ2) is 6.58. The van der Waals surface area contributed by atoms with Crippen LogP contribution in [0.5, 0.6) is 0 Å². The largest absolute Gasteiger partial charge is 0.325 e. The van der Waals surface area contributed by atoms with Crippen molar-refractivity contribution in [2.24, 2.45) is 0 Å². The van der Waals surface area contributed by atoms with Crippen LogP contribution in [0.15, 0.2) is 30.3 Å². The fourth-order valence-electron chi connectivity index (χ4n) is 2.66. The van der Waals surface area contributed by atoms with E-state index in [0.717, 1.165) is 12.0 Å². The zero-order valence-electron chi connectivity index (χ0n) is 12.5. The van der Waals surface area contributed by atoms with Crippen LogP contribution in [0.4, 0.5) is 0 Å². The van der Waals surface area contributed by atoms with Gasteiger partial charge < -0.3 is 4.90 Å². The van der Waals surface area contributed by atoms with Crippen LogP contribution in [0.2, 0.25) is 0 Å². The van der Waals surface area contributed by atoms with Crippen molar-refractivity contribution in [3.63, 3.8) is 0 Å². The highest BCUT2D eigenvalue weighted by molar-refractivity contribution is 7.90. The number of rotatable bonds is 6. The Kier molecular flexibility index (Phi) is 5.00. The minimum atomic E-state index is -2.98. The highest BCUT2D eigenvalue weighted by atomic mass is 32.2. The van der Waals surface area contributed by atoms with Crippen molar-refractivity contribution in [3.8, 4) is 0 Å². The maximum atomic E-state index is 12.5. The number of hydrogen-bond acceptors (Lipinski definition) is 4. The van der Waals surface area contributed by atoms with E-state index in [1.165, 1.54) is 6.26 Å². The first-order valence-electron chi connectivity index (χ1n) is 7.21. The van der Waals surface area contributed by atoms with Crippen molar-refractivity contribution in [1.29, 1.82) is 0 Å². The number of hydrogen-bond donors (Lipinski definition) is 1. The SMILES string of the molecule is CCC1NC(c2ccccc2)C(=O)N1CCCS(C)(=O)=O. The summed E-state index contributed by atoms with van der Waals surface area (Å²) in [5.41, 5.74) is 0.951. The molecule has 1 aliphatic heterocycles. The molecular weight excluding hydrogens is 288 g/mol. The van der Waals surface area contributed by atoms with Gasteiger partial charge in [0.25, 0.3) is 0 Å². The molecule has 1 aliphatic rings. The second-order valence-corrected chi connectivity index (χ2v) is 7.71. The van der Waals surface area contributed by atoms with E-state index in [1.54, 1.807) is 4.90 Å². The van der Waals surface area contributed by atoms with Crippen LogP contribution in [-0.2, 0) is 14.6 Å². The quantitative estimate of drug-likeness (QED) is 0.861. The summed E-state index contributed by atoms with van der Waals surface area (Å²) in [5.74, 6) is 0.144. The number of sulfone groups is 1. The van der Waals surface area contributed by atoms with Crippen molar-refractivity contribution < 1.29 is 13.2 Å². The molecule has 2 unspecified atom stereocenters. The third-order valence-electron chi connectivity index (χ3n) is 3.70. The Bertz CT molecular complexity index is 586. The van der Waals surface area contributed by atoms with Gasteiger partial charge in [-0.05, 0) is 18.4 Å². The van der Waals surface area contributed by atoms with Crippen LogP contribution in [0.3, 0.4) is 0 Å². The van der Waals surface area contributed by atoms with Gasteiger partial charge in [0.15, 0.2) is 0 Å². The number of benzene rings is 1. The van der Waals surface area contributed by atoms with Crippen molar-refractivity contribution in [3.05, 3.63) is 35.9 Å². The summed E-state index contributed by atoms with van der Waals surface area (Å²) in [6, 6.07) is 9.29. The van der Waals surface area contributed by atoms with E-state index in [2.05, 4.69) is 5.32 Å². The van der Waals surface area contributed by atoms with Crippen LogP contribution >= 0.6 is 0 Å². The van der Waals surface area contributed by atoms with E-state index in [-0.39, 0.29) is 23.9 Å². The molecule has 1 N–H and O–H groups in total. The Morgan fingerprint density at radius 3 is 2.48 bits per heavy atom. The molecule has 6 heteroatoms. The fraction of sp³-hybridized carbons (Fsp3) is 0.533. The second-order valence-electron chi connectivity index (χ2n) is 5.45. The molecule has 1 fully saturated rings. The molecule has 1 saturated heterocycles. The van der Waals surface area contributed by atoms with Crippen molar-refractivity contribution in [1.82, 2.24) is 10.2 Å². The standard InChI is InChI=1S/C15H22N2O3S/c1-3-13-16-14(12-8-5-4-6-9-12)15(18)17(13)10-7-11-21(2,19)20/h4-6,8-9,13-14,16H,3,7,10-11H2,1-2H3. The van der Waals surface area contributed by atoms with Gasteiger partial charge in [0.05, 0.1) is 11.9 Å². The molecular formula is C15H22N2O3S. The van der Waals surface area contributed by atoms with E-state index in [9.17, 15) is 13.2 Å². The molecule has 2 rings (SSSR count). The van der Waals surface area contributed by atoms with Crippen LogP contribution in [0.1, 0.15) is 31.4 Å². The number of amides is 1. The lowest BCUT2D eigenvalue weighted by Gasteiger charge is -2.22. The van der Waals surface area contributed by atoms with E-state index in [0.29, 0.717) is 13.0 Å². The van der Waals surface area contributed by atoms with Gasteiger partial charge in [0.2, 0.25) is 5.91 Å². The first kappa shape index (κ1) is 16.0. The fourth-order valence-corrected chi connectivity index (χ4v) is 3.31. The minimum Gasteiger partial charge on any atom is -0.325 e. The average molecular weight is 310 g/mol. The zero-order chi connectivity index (χ0) is 15.5. The summed E-state index contributed by atoms with van der Waals surface area (Å²) in [6.07, 6.45) is 2.47. The molecule has 116 valence electrons. The predicted octanol–water partition coefficient (Wildman–Crippen LogP) is 1.33. The Morgan fingerprint density at radius 2 is 1.90 bits per heavy atom. The molecule has 0 aliphatic carbocycles. The average Bonchev–Trinajstić information content (AvgIpc) is 2.75. The molecule has 2 atom stereocenters. The predicted molar refractivity (Wildman–Crippen MR) is 82.4 cm³/mol. The molecule has 0 spiro atoms. The number of nitrogens with one attached hydrogen (secondary N) is 1. The van der Waals surface area contributed by atoms with Gasteiger partial charge >= 0.3 is 0 Å². The molecule has 21 heavy (non-hydrogen) atoms. The first-order valence-corrected chi connectivity index (χ1v) is 9.27. The molecule has 0 bridgehead atoms. The van der Waals surface area contributed by atoms with Gasteiger partial charge in [-0.3, -0.25) is 10.1 Å². The van der Waals surface area contributed by atoms with Crippen LogP contribution in [0.25, 0.3) is 0 Å². The van der Waals surface area contributed by atoms with Crippen molar-refractivity contribution >= 4 is 15.7 Å². The number of nitrogens with zero attached hydrogens (tertiary/aromatic N) is 1. The van der Waals surface area contributed by atoms with Crippen LogP contribution in [-0.4, -0.2) is 43.9 Å². The smallest absolute Gasteiger partial charge is 0.245 e. The maximum Gasteiger partial charge on any atom is 0.245 e. The topological polar surface area (TPSA) is 66.5 Å². The lowest BCUT2D eigenvalue weighted by Crippen LogP contribution is -2.37. The summed E-state index contributed by atoms with van der Waals surface area (Å²) in [5, 5.41) is 3.33. The highest BCUT2D eigenvalue weighted by Gasteiger charge is 2.38. The Morgan fingerprint density at radius 1 is 1.24 bits per heavy atom.